The molecule has 0 radical (unpaired) electrons. The number of nitriles is 1. The molecular formula is C10H10N6O. The van der Waals surface area contributed by atoms with Crippen LogP contribution in [0.1, 0.15) is 18.5 Å². The van der Waals surface area contributed by atoms with E-state index in [0.29, 0.717) is 11.4 Å². The van der Waals surface area contributed by atoms with Crippen molar-refractivity contribution in [1.82, 2.24) is 20.0 Å². The van der Waals surface area contributed by atoms with Gasteiger partial charge in [0.05, 0.1) is 6.20 Å². The van der Waals surface area contributed by atoms with E-state index in [1.807, 2.05) is 6.07 Å². The molecule has 0 aliphatic carbocycles. The van der Waals surface area contributed by atoms with Gasteiger partial charge in [-0.25, -0.2) is 0 Å². The van der Waals surface area contributed by atoms with Crippen molar-refractivity contribution >= 4 is 11.7 Å². The summed E-state index contributed by atoms with van der Waals surface area (Å²) in [5.74, 6) is 0.0333. The third-order valence-electron chi connectivity index (χ3n) is 2.31. The van der Waals surface area contributed by atoms with Crippen molar-refractivity contribution in [3.8, 4) is 6.07 Å². The molecule has 1 amide bonds. The molecule has 2 aromatic heterocycles. The van der Waals surface area contributed by atoms with Crippen LogP contribution in [0.2, 0.25) is 0 Å². The van der Waals surface area contributed by atoms with Gasteiger partial charge in [-0.3, -0.25) is 14.6 Å². The fourth-order valence-corrected chi connectivity index (χ4v) is 1.32. The second kappa shape index (κ2) is 4.49. The smallest absolute Gasteiger partial charge is 0.250 e. The summed E-state index contributed by atoms with van der Waals surface area (Å²) >= 11 is 0. The Morgan fingerprint density at radius 2 is 2.53 bits per heavy atom. The first kappa shape index (κ1) is 10.9. The van der Waals surface area contributed by atoms with Crippen LogP contribution in [0.25, 0.3) is 0 Å². The molecule has 0 spiro atoms. The second-order valence-electron chi connectivity index (χ2n) is 3.42. The summed E-state index contributed by atoms with van der Waals surface area (Å²) in [6.45, 7) is 1.71. The maximum atomic E-state index is 11.8. The van der Waals surface area contributed by atoms with Crippen LogP contribution >= 0.6 is 0 Å². The molecule has 17 heavy (non-hydrogen) atoms. The summed E-state index contributed by atoms with van der Waals surface area (Å²) in [5.41, 5.74) is 0.297. The quantitative estimate of drug-likeness (QED) is 0.809. The molecule has 2 N–H and O–H groups in total. The Morgan fingerprint density at radius 3 is 3.18 bits per heavy atom. The Labute approximate surface area is 97.1 Å². The van der Waals surface area contributed by atoms with Gasteiger partial charge in [-0.2, -0.15) is 15.5 Å². The van der Waals surface area contributed by atoms with Gasteiger partial charge in [0.2, 0.25) is 5.91 Å². The fraction of sp³-hybridized carbons (Fsp3) is 0.200. The number of nitrogens with one attached hydrogen (secondary N) is 2. The van der Waals surface area contributed by atoms with Crippen LogP contribution in [0, 0.1) is 11.3 Å². The Morgan fingerprint density at radius 1 is 1.71 bits per heavy atom. The monoisotopic (exact) mass is 230 g/mol. The molecule has 86 valence electrons. The number of carbonyl (C=O) groups excluding carboxylic acids is 1. The minimum absolute atomic E-state index is 0.269. The Bertz CT molecular complexity index is 550. The number of aromatic nitrogens is 4. The third kappa shape index (κ3) is 2.15. The number of anilines is 1. The number of nitrogens with zero attached hydrogens (tertiary/aromatic N) is 4. The van der Waals surface area contributed by atoms with Crippen molar-refractivity contribution in [3.63, 3.8) is 0 Å². The lowest BCUT2D eigenvalue weighted by Crippen LogP contribution is -2.24. The van der Waals surface area contributed by atoms with Gasteiger partial charge in [-0.05, 0) is 13.0 Å². The molecule has 0 bridgehead atoms. The number of carbonyl (C=O) groups is 1. The average molecular weight is 230 g/mol. The molecule has 0 saturated heterocycles. The van der Waals surface area contributed by atoms with E-state index in [2.05, 4.69) is 20.6 Å². The van der Waals surface area contributed by atoms with Gasteiger partial charge in [-0.1, -0.05) is 0 Å². The molecule has 1 unspecified atom stereocenters. The summed E-state index contributed by atoms with van der Waals surface area (Å²) < 4.78 is 1.53. The van der Waals surface area contributed by atoms with Gasteiger partial charge in [0, 0.05) is 12.4 Å². The first-order valence-electron chi connectivity index (χ1n) is 4.96. The Balaban J connectivity index is 2.10. The minimum Gasteiger partial charge on any atom is -0.308 e. The molecule has 7 heteroatoms. The number of aromatic amines is 1. The molecule has 0 aliphatic heterocycles. The van der Waals surface area contributed by atoms with E-state index in [1.54, 1.807) is 25.4 Å². The zero-order valence-corrected chi connectivity index (χ0v) is 9.08. The SMILES string of the molecule is CC(C(=O)Nc1[nH]ncc1C#N)n1cccn1. The number of H-pyrrole nitrogens is 1. The van der Waals surface area contributed by atoms with Crippen molar-refractivity contribution in [2.75, 3.05) is 5.32 Å². The Hall–Kier alpha value is -2.62. The standard InChI is InChI=1S/C10H10N6O/c1-7(16-4-2-3-13-16)10(17)14-9-8(5-11)6-12-15-9/h2-4,6-7H,1H3,(H2,12,14,15,17). The topological polar surface area (TPSA) is 99.4 Å². The van der Waals surface area contributed by atoms with Crippen LogP contribution in [0.5, 0.6) is 0 Å². The molecule has 1 atom stereocenters. The van der Waals surface area contributed by atoms with E-state index < -0.39 is 6.04 Å². The van der Waals surface area contributed by atoms with E-state index in [1.165, 1.54) is 10.9 Å². The Kier molecular flexibility index (Phi) is 2.87. The van der Waals surface area contributed by atoms with Gasteiger partial charge in [-0.15, -0.1) is 0 Å². The van der Waals surface area contributed by atoms with Gasteiger partial charge in [0.15, 0.2) is 0 Å². The summed E-state index contributed by atoms with van der Waals surface area (Å²) in [4.78, 5) is 11.8. The molecule has 0 aromatic carbocycles. The predicted octanol–water partition coefficient (Wildman–Crippen LogP) is 0.678. The molecule has 0 aliphatic rings. The maximum absolute atomic E-state index is 11.8. The van der Waals surface area contributed by atoms with E-state index in [9.17, 15) is 4.79 Å². The minimum atomic E-state index is -0.458. The lowest BCUT2D eigenvalue weighted by Gasteiger charge is -2.11. The van der Waals surface area contributed by atoms with Crippen LogP contribution in [-0.4, -0.2) is 25.9 Å². The van der Waals surface area contributed by atoms with Crippen LogP contribution in [0.15, 0.2) is 24.7 Å². The van der Waals surface area contributed by atoms with Crippen LogP contribution in [0.3, 0.4) is 0 Å². The van der Waals surface area contributed by atoms with Crippen molar-refractivity contribution < 1.29 is 4.79 Å². The molecule has 0 fully saturated rings. The lowest BCUT2D eigenvalue weighted by molar-refractivity contribution is -0.119. The van der Waals surface area contributed by atoms with Crippen molar-refractivity contribution in [2.45, 2.75) is 13.0 Å². The highest BCUT2D eigenvalue weighted by molar-refractivity contribution is 5.93. The van der Waals surface area contributed by atoms with E-state index in [-0.39, 0.29) is 5.91 Å². The van der Waals surface area contributed by atoms with Gasteiger partial charge < -0.3 is 5.32 Å². The zero-order valence-electron chi connectivity index (χ0n) is 9.08. The highest BCUT2D eigenvalue weighted by atomic mass is 16.2. The fourth-order valence-electron chi connectivity index (χ4n) is 1.32. The highest BCUT2D eigenvalue weighted by Crippen LogP contribution is 2.12. The average Bonchev–Trinajstić information content (AvgIpc) is 2.98. The number of hydrogen-bond acceptors (Lipinski definition) is 4. The molecule has 0 saturated carbocycles. The molecule has 2 aromatic rings. The summed E-state index contributed by atoms with van der Waals surface area (Å²) in [7, 11) is 0. The normalized spacial score (nSPS) is 11.8. The van der Waals surface area contributed by atoms with Crippen LogP contribution in [0.4, 0.5) is 5.82 Å². The zero-order chi connectivity index (χ0) is 12.3. The van der Waals surface area contributed by atoms with Gasteiger partial charge in [0.1, 0.15) is 23.5 Å². The predicted molar refractivity (Wildman–Crippen MR) is 58.9 cm³/mol. The number of amides is 1. The molecule has 2 rings (SSSR count). The maximum Gasteiger partial charge on any atom is 0.250 e. The van der Waals surface area contributed by atoms with E-state index in [0.717, 1.165) is 0 Å². The summed E-state index contributed by atoms with van der Waals surface area (Å²) in [6, 6.07) is 3.20. The van der Waals surface area contributed by atoms with Gasteiger partial charge in [0.25, 0.3) is 0 Å². The first-order valence-corrected chi connectivity index (χ1v) is 4.96. The summed E-state index contributed by atoms with van der Waals surface area (Å²) in [5, 5.41) is 21.6. The van der Waals surface area contributed by atoms with Crippen molar-refractivity contribution in [1.29, 1.82) is 5.26 Å². The largest absolute Gasteiger partial charge is 0.308 e. The first-order chi connectivity index (χ1) is 8.22. The third-order valence-corrected chi connectivity index (χ3v) is 2.31. The number of hydrogen-bond donors (Lipinski definition) is 2. The molecule has 2 heterocycles. The van der Waals surface area contributed by atoms with E-state index >= 15 is 0 Å². The lowest BCUT2D eigenvalue weighted by atomic mass is 10.3. The van der Waals surface area contributed by atoms with E-state index in [4.69, 9.17) is 5.26 Å². The van der Waals surface area contributed by atoms with Crippen molar-refractivity contribution in [3.05, 3.63) is 30.2 Å². The summed E-state index contributed by atoms with van der Waals surface area (Å²) in [6.07, 6.45) is 4.65. The number of rotatable bonds is 3. The van der Waals surface area contributed by atoms with Crippen molar-refractivity contribution in [2.24, 2.45) is 0 Å². The van der Waals surface area contributed by atoms with Crippen LogP contribution < -0.4 is 5.32 Å². The highest BCUT2D eigenvalue weighted by Gasteiger charge is 2.17. The second-order valence-corrected chi connectivity index (χ2v) is 3.42. The van der Waals surface area contributed by atoms with Gasteiger partial charge >= 0.3 is 0 Å². The molecular weight excluding hydrogens is 220 g/mol. The van der Waals surface area contributed by atoms with Crippen LogP contribution in [-0.2, 0) is 4.79 Å². The molecule has 7 nitrogen and oxygen atoms in total.